The molecule has 1 saturated heterocycles. The summed E-state index contributed by atoms with van der Waals surface area (Å²) in [6, 6.07) is 0. The fourth-order valence-electron chi connectivity index (χ4n) is 0.838. The third-order valence-electron chi connectivity index (χ3n) is 1.31. The molecule has 0 unspecified atom stereocenters. The second-order valence-corrected chi connectivity index (χ2v) is 2.91. The number of rotatable bonds is 1. The number of nitrogens with one attached hydrogen (secondary N) is 2. The zero-order valence-electron chi connectivity index (χ0n) is 6.27. The summed E-state index contributed by atoms with van der Waals surface area (Å²) in [7, 11) is 0. The second-order valence-electron chi connectivity index (χ2n) is 2.91. The van der Waals surface area contributed by atoms with Gasteiger partial charge in [0.15, 0.2) is 5.88 Å². The van der Waals surface area contributed by atoms with Gasteiger partial charge in [-0.2, -0.15) is 0 Å². The summed E-state index contributed by atoms with van der Waals surface area (Å²) in [5, 5.41) is 9.81. The van der Waals surface area contributed by atoms with Gasteiger partial charge in [-0.15, -0.1) is 0 Å². The Balaban J connectivity index is 2.59. The van der Waals surface area contributed by atoms with Crippen LogP contribution in [0.25, 0.3) is 0 Å². The van der Waals surface area contributed by atoms with Crippen molar-refractivity contribution in [3.63, 3.8) is 0 Å². The Bertz CT molecular complexity index is 172. The summed E-state index contributed by atoms with van der Waals surface area (Å²) >= 11 is 0. The molecule has 0 aromatic rings. The molecule has 1 aliphatic rings. The molecule has 0 radical (unpaired) electrons. The van der Waals surface area contributed by atoms with E-state index in [0.29, 0.717) is 5.88 Å². The average molecular weight is 140 g/mol. The number of allylic oxidation sites excluding steroid dienone is 1. The molecule has 0 saturated carbocycles. The van der Waals surface area contributed by atoms with E-state index in [-0.39, 0.29) is 5.60 Å². The molecule has 1 fully saturated rings. The molecule has 0 spiro atoms. The molecule has 3 heteroatoms. The van der Waals surface area contributed by atoms with Gasteiger partial charge in [0, 0.05) is 12.3 Å². The van der Waals surface area contributed by atoms with Gasteiger partial charge in [0.05, 0.1) is 6.54 Å². The number of ether oxygens (including phenoxy) is 1. The SMILES string of the molecule is CC1(C)CN/C(=C\C=N)O1. The highest BCUT2D eigenvalue weighted by atomic mass is 16.5. The highest BCUT2D eigenvalue weighted by molar-refractivity contribution is 5.68. The van der Waals surface area contributed by atoms with Crippen LogP contribution >= 0.6 is 0 Å². The minimum absolute atomic E-state index is 0.116. The van der Waals surface area contributed by atoms with Crippen molar-refractivity contribution in [3.05, 3.63) is 12.0 Å². The van der Waals surface area contributed by atoms with Crippen LogP contribution in [-0.2, 0) is 4.74 Å². The first-order valence-electron chi connectivity index (χ1n) is 3.28. The van der Waals surface area contributed by atoms with Crippen molar-refractivity contribution >= 4 is 6.21 Å². The Morgan fingerprint density at radius 3 is 2.80 bits per heavy atom. The molecule has 0 bridgehead atoms. The van der Waals surface area contributed by atoms with Crippen LogP contribution in [0, 0.1) is 5.41 Å². The Labute approximate surface area is 60.6 Å². The Morgan fingerprint density at radius 1 is 1.70 bits per heavy atom. The molecule has 56 valence electrons. The Morgan fingerprint density at radius 2 is 2.40 bits per heavy atom. The smallest absolute Gasteiger partial charge is 0.188 e. The maximum absolute atomic E-state index is 6.78. The lowest BCUT2D eigenvalue weighted by molar-refractivity contribution is 0.0864. The first-order chi connectivity index (χ1) is 4.64. The molecule has 3 nitrogen and oxygen atoms in total. The minimum atomic E-state index is -0.116. The van der Waals surface area contributed by atoms with Crippen molar-refractivity contribution in [2.75, 3.05) is 6.54 Å². The van der Waals surface area contributed by atoms with E-state index < -0.39 is 0 Å². The Hall–Kier alpha value is -0.990. The van der Waals surface area contributed by atoms with Crippen LogP contribution in [-0.4, -0.2) is 18.4 Å². The van der Waals surface area contributed by atoms with Gasteiger partial charge in [0.25, 0.3) is 0 Å². The molecule has 1 rings (SSSR count). The predicted molar refractivity (Wildman–Crippen MR) is 40.0 cm³/mol. The summed E-state index contributed by atoms with van der Waals surface area (Å²) in [4.78, 5) is 0. The number of hydrogen-bond acceptors (Lipinski definition) is 3. The molecule has 0 amide bonds. The van der Waals surface area contributed by atoms with Crippen molar-refractivity contribution in [3.8, 4) is 0 Å². The Kier molecular flexibility index (Phi) is 1.66. The summed E-state index contributed by atoms with van der Waals surface area (Å²) in [5.74, 6) is 0.694. The van der Waals surface area contributed by atoms with E-state index >= 15 is 0 Å². The quantitative estimate of drug-likeness (QED) is 0.531. The van der Waals surface area contributed by atoms with E-state index in [1.165, 1.54) is 6.21 Å². The van der Waals surface area contributed by atoms with E-state index in [4.69, 9.17) is 10.1 Å². The third-order valence-corrected chi connectivity index (χ3v) is 1.31. The van der Waals surface area contributed by atoms with Crippen molar-refractivity contribution in [2.24, 2.45) is 0 Å². The molecule has 0 aromatic heterocycles. The van der Waals surface area contributed by atoms with Gasteiger partial charge >= 0.3 is 0 Å². The van der Waals surface area contributed by atoms with Crippen LogP contribution in [0.3, 0.4) is 0 Å². The molecule has 0 atom stereocenters. The van der Waals surface area contributed by atoms with Crippen LogP contribution in [0.5, 0.6) is 0 Å². The lowest BCUT2D eigenvalue weighted by Crippen LogP contribution is -2.23. The molecule has 1 heterocycles. The zero-order valence-corrected chi connectivity index (χ0v) is 6.27. The fourth-order valence-corrected chi connectivity index (χ4v) is 0.838. The highest BCUT2D eigenvalue weighted by Gasteiger charge is 2.26. The van der Waals surface area contributed by atoms with E-state index in [0.717, 1.165) is 6.54 Å². The van der Waals surface area contributed by atoms with Crippen LogP contribution in [0.15, 0.2) is 12.0 Å². The van der Waals surface area contributed by atoms with E-state index in [1.807, 2.05) is 13.8 Å². The van der Waals surface area contributed by atoms with Crippen molar-refractivity contribution in [1.29, 1.82) is 5.41 Å². The van der Waals surface area contributed by atoms with E-state index in [2.05, 4.69) is 5.32 Å². The van der Waals surface area contributed by atoms with Gasteiger partial charge in [-0.05, 0) is 13.8 Å². The first kappa shape index (κ1) is 7.12. The fraction of sp³-hybridized carbons (Fsp3) is 0.571. The topological polar surface area (TPSA) is 45.1 Å². The number of hydrogen-bond donors (Lipinski definition) is 2. The van der Waals surface area contributed by atoms with Crippen molar-refractivity contribution in [1.82, 2.24) is 5.32 Å². The van der Waals surface area contributed by atoms with Crippen molar-refractivity contribution in [2.45, 2.75) is 19.4 Å². The summed E-state index contributed by atoms with van der Waals surface area (Å²) in [6.07, 6.45) is 2.82. The van der Waals surface area contributed by atoms with Gasteiger partial charge in [-0.1, -0.05) is 0 Å². The van der Waals surface area contributed by atoms with Gasteiger partial charge < -0.3 is 15.5 Å². The molecule has 0 aliphatic carbocycles. The molecule has 1 aliphatic heterocycles. The molecular formula is C7H12N2O. The first-order valence-corrected chi connectivity index (χ1v) is 3.28. The maximum atomic E-state index is 6.78. The summed E-state index contributed by atoms with van der Waals surface area (Å²) < 4.78 is 5.39. The molecular weight excluding hydrogens is 128 g/mol. The van der Waals surface area contributed by atoms with Crippen LogP contribution < -0.4 is 5.32 Å². The van der Waals surface area contributed by atoms with Gasteiger partial charge in [0.1, 0.15) is 5.60 Å². The highest BCUT2D eigenvalue weighted by Crippen LogP contribution is 2.18. The lowest BCUT2D eigenvalue weighted by atomic mass is 10.1. The monoisotopic (exact) mass is 140 g/mol. The van der Waals surface area contributed by atoms with Gasteiger partial charge in [-0.25, -0.2) is 0 Å². The normalized spacial score (nSPS) is 25.6. The van der Waals surface area contributed by atoms with E-state index in [9.17, 15) is 0 Å². The van der Waals surface area contributed by atoms with E-state index in [1.54, 1.807) is 6.08 Å². The molecule has 0 aromatic carbocycles. The summed E-state index contributed by atoms with van der Waals surface area (Å²) in [6.45, 7) is 4.82. The minimum Gasteiger partial charge on any atom is -0.471 e. The van der Waals surface area contributed by atoms with Gasteiger partial charge in [-0.3, -0.25) is 0 Å². The van der Waals surface area contributed by atoms with Crippen LogP contribution in [0.4, 0.5) is 0 Å². The molecule has 2 N–H and O–H groups in total. The lowest BCUT2D eigenvalue weighted by Gasteiger charge is -2.14. The van der Waals surface area contributed by atoms with Gasteiger partial charge in [0.2, 0.25) is 0 Å². The second kappa shape index (κ2) is 2.33. The molecule has 10 heavy (non-hydrogen) atoms. The maximum Gasteiger partial charge on any atom is 0.188 e. The largest absolute Gasteiger partial charge is 0.471 e. The zero-order chi connectivity index (χ0) is 7.61. The average Bonchev–Trinajstić information content (AvgIpc) is 2.12. The van der Waals surface area contributed by atoms with Crippen molar-refractivity contribution < 1.29 is 4.74 Å². The predicted octanol–water partition coefficient (Wildman–Crippen LogP) is 0.876. The van der Waals surface area contributed by atoms with Crippen LogP contribution in [0.1, 0.15) is 13.8 Å². The summed E-state index contributed by atoms with van der Waals surface area (Å²) in [5.41, 5.74) is -0.116. The third kappa shape index (κ3) is 1.50. The standard InChI is InChI=1S/C7H12N2O/c1-7(2)5-9-6(10-7)3-4-8/h3-4,8-9H,5H2,1-2H3/b6-3+,8-4?. The van der Waals surface area contributed by atoms with Crippen LogP contribution in [0.2, 0.25) is 0 Å².